The third-order valence-electron chi connectivity index (χ3n) is 3.89. The number of aliphatic hydroxyl groups excluding tert-OH is 1. The van der Waals surface area contributed by atoms with Gasteiger partial charge in [-0.1, -0.05) is 38.5 Å². The maximum absolute atomic E-state index is 9.83. The van der Waals surface area contributed by atoms with Crippen molar-refractivity contribution in [2.75, 3.05) is 13.1 Å². The van der Waals surface area contributed by atoms with Gasteiger partial charge in [-0.3, -0.25) is 0 Å². The first-order valence-electron chi connectivity index (χ1n) is 6.73. The SMILES string of the molecule is OC(CNCCC1CC1)CC1CCCC1. The van der Waals surface area contributed by atoms with Crippen molar-refractivity contribution >= 4 is 0 Å². The molecule has 0 radical (unpaired) electrons. The Labute approximate surface area is 93.5 Å². The standard InChI is InChI=1S/C13H25NO/c15-13(9-12-3-1-2-4-12)10-14-8-7-11-5-6-11/h11-15H,1-10H2. The van der Waals surface area contributed by atoms with Crippen molar-refractivity contribution in [2.45, 2.75) is 57.5 Å². The van der Waals surface area contributed by atoms with Gasteiger partial charge in [-0.05, 0) is 31.2 Å². The number of aliphatic hydroxyl groups is 1. The molecule has 2 aliphatic carbocycles. The van der Waals surface area contributed by atoms with Crippen LogP contribution in [0.2, 0.25) is 0 Å². The van der Waals surface area contributed by atoms with E-state index in [1.54, 1.807) is 0 Å². The average Bonchev–Trinajstić information content (AvgIpc) is 2.91. The fourth-order valence-corrected chi connectivity index (χ4v) is 2.70. The van der Waals surface area contributed by atoms with Crippen LogP contribution in [0.3, 0.4) is 0 Å². The Kier molecular flexibility index (Phi) is 4.45. The Morgan fingerprint density at radius 1 is 1.07 bits per heavy atom. The summed E-state index contributed by atoms with van der Waals surface area (Å²) in [5.41, 5.74) is 0. The van der Waals surface area contributed by atoms with Crippen LogP contribution >= 0.6 is 0 Å². The highest BCUT2D eigenvalue weighted by Gasteiger charge is 2.21. The lowest BCUT2D eigenvalue weighted by molar-refractivity contribution is 0.140. The van der Waals surface area contributed by atoms with Crippen LogP contribution in [0.25, 0.3) is 0 Å². The summed E-state index contributed by atoms with van der Waals surface area (Å²) < 4.78 is 0. The van der Waals surface area contributed by atoms with Crippen molar-refractivity contribution in [1.82, 2.24) is 5.32 Å². The first-order valence-corrected chi connectivity index (χ1v) is 6.73. The molecule has 0 bridgehead atoms. The summed E-state index contributed by atoms with van der Waals surface area (Å²) in [6.07, 6.45) is 10.6. The molecule has 0 spiro atoms. The molecule has 0 saturated heterocycles. The molecule has 0 aliphatic heterocycles. The van der Waals surface area contributed by atoms with Crippen molar-refractivity contribution in [3.63, 3.8) is 0 Å². The lowest BCUT2D eigenvalue weighted by atomic mass is 10.00. The number of hydrogen-bond acceptors (Lipinski definition) is 2. The Hall–Kier alpha value is -0.0800. The van der Waals surface area contributed by atoms with Gasteiger partial charge in [0.15, 0.2) is 0 Å². The summed E-state index contributed by atoms with van der Waals surface area (Å²) in [6.45, 7) is 1.91. The molecular formula is C13H25NO. The molecule has 2 N–H and O–H groups in total. The van der Waals surface area contributed by atoms with E-state index in [9.17, 15) is 5.11 Å². The van der Waals surface area contributed by atoms with E-state index in [1.807, 2.05) is 0 Å². The van der Waals surface area contributed by atoms with E-state index in [0.29, 0.717) is 0 Å². The maximum Gasteiger partial charge on any atom is 0.0667 e. The predicted octanol–water partition coefficient (Wildman–Crippen LogP) is 2.32. The average molecular weight is 211 g/mol. The molecule has 0 heterocycles. The lowest BCUT2D eigenvalue weighted by Gasteiger charge is -2.15. The molecule has 0 aromatic heterocycles. The summed E-state index contributed by atoms with van der Waals surface area (Å²) in [6, 6.07) is 0. The van der Waals surface area contributed by atoms with Crippen LogP contribution < -0.4 is 5.32 Å². The zero-order valence-electron chi connectivity index (χ0n) is 9.75. The first kappa shape index (κ1) is 11.4. The predicted molar refractivity (Wildman–Crippen MR) is 62.8 cm³/mol. The van der Waals surface area contributed by atoms with Gasteiger partial charge in [-0.25, -0.2) is 0 Å². The summed E-state index contributed by atoms with van der Waals surface area (Å²) in [7, 11) is 0. The second-order valence-corrected chi connectivity index (χ2v) is 5.48. The molecule has 1 atom stereocenters. The van der Waals surface area contributed by atoms with Crippen molar-refractivity contribution < 1.29 is 5.11 Å². The summed E-state index contributed by atoms with van der Waals surface area (Å²) in [4.78, 5) is 0. The molecular weight excluding hydrogens is 186 g/mol. The van der Waals surface area contributed by atoms with E-state index >= 15 is 0 Å². The van der Waals surface area contributed by atoms with Gasteiger partial charge in [0.05, 0.1) is 6.10 Å². The Morgan fingerprint density at radius 3 is 2.47 bits per heavy atom. The van der Waals surface area contributed by atoms with Crippen molar-refractivity contribution in [3.05, 3.63) is 0 Å². The fraction of sp³-hybridized carbons (Fsp3) is 1.00. The highest BCUT2D eigenvalue weighted by molar-refractivity contribution is 4.75. The fourth-order valence-electron chi connectivity index (χ4n) is 2.70. The Balaban J connectivity index is 1.45. The van der Waals surface area contributed by atoms with Crippen LogP contribution in [0, 0.1) is 11.8 Å². The summed E-state index contributed by atoms with van der Waals surface area (Å²) in [5.74, 6) is 1.81. The largest absolute Gasteiger partial charge is 0.392 e. The van der Waals surface area contributed by atoms with Crippen molar-refractivity contribution in [1.29, 1.82) is 0 Å². The van der Waals surface area contributed by atoms with Gasteiger partial charge in [0.2, 0.25) is 0 Å². The van der Waals surface area contributed by atoms with Crippen molar-refractivity contribution in [2.24, 2.45) is 11.8 Å². The molecule has 2 saturated carbocycles. The molecule has 2 heteroatoms. The molecule has 0 aromatic carbocycles. The lowest BCUT2D eigenvalue weighted by Crippen LogP contribution is -2.29. The van der Waals surface area contributed by atoms with E-state index in [-0.39, 0.29) is 6.10 Å². The zero-order chi connectivity index (χ0) is 10.5. The van der Waals surface area contributed by atoms with Crippen LogP contribution in [0.15, 0.2) is 0 Å². The topological polar surface area (TPSA) is 32.3 Å². The van der Waals surface area contributed by atoms with Crippen molar-refractivity contribution in [3.8, 4) is 0 Å². The third kappa shape index (κ3) is 4.52. The minimum absolute atomic E-state index is 0.104. The summed E-state index contributed by atoms with van der Waals surface area (Å²) >= 11 is 0. The van der Waals surface area contributed by atoms with E-state index in [4.69, 9.17) is 0 Å². The monoisotopic (exact) mass is 211 g/mol. The van der Waals surface area contributed by atoms with Gasteiger partial charge in [0.25, 0.3) is 0 Å². The third-order valence-corrected chi connectivity index (χ3v) is 3.89. The second kappa shape index (κ2) is 5.86. The molecule has 1 unspecified atom stereocenters. The highest BCUT2D eigenvalue weighted by Crippen LogP contribution is 2.31. The van der Waals surface area contributed by atoms with Crippen LogP contribution in [0.1, 0.15) is 51.4 Å². The zero-order valence-corrected chi connectivity index (χ0v) is 9.75. The van der Waals surface area contributed by atoms with Gasteiger partial charge in [-0.15, -0.1) is 0 Å². The molecule has 2 rings (SSSR count). The van der Waals surface area contributed by atoms with Gasteiger partial charge >= 0.3 is 0 Å². The molecule has 0 aromatic rings. The van der Waals surface area contributed by atoms with Crippen LogP contribution in [-0.2, 0) is 0 Å². The maximum atomic E-state index is 9.83. The van der Waals surface area contributed by atoms with E-state index in [1.165, 1.54) is 44.9 Å². The van der Waals surface area contributed by atoms with Crippen LogP contribution in [0.5, 0.6) is 0 Å². The Morgan fingerprint density at radius 2 is 1.80 bits per heavy atom. The Bertz CT molecular complexity index is 173. The van der Waals surface area contributed by atoms with E-state index in [2.05, 4.69) is 5.32 Å². The number of rotatable bonds is 7. The molecule has 2 aliphatic rings. The number of hydrogen-bond donors (Lipinski definition) is 2. The van der Waals surface area contributed by atoms with E-state index in [0.717, 1.165) is 31.3 Å². The van der Waals surface area contributed by atoms with Crippen LogP contribution in [-0.4, -0.2) is 24.3 Å². The number of nitrogens with one attached hydrogen (secondary N) is 1. The normalized spacial score (nSPS) is 24.6. The van der Waals surface area contributed by atoms with Gasteiger partial charge < -0.3 is 10.4 Å². The smallest absolute Gasteiger partial charge is 0.0667 e. The molecule has 15 heavy (non-hydrogen) atoms. The summed E-state index contributed by atoms with van der Waals surface area (Å²) in [5, 5.41) is 13.2. The first-order chi connectivity index (χ1) is 7.34. The van der Waals surface area contributed by atoms with Gasteiger partial charge in [0, 0.05) is 6.54 Å². The van der Waals surface area contributed by atoms with E-state index < -0.39 is 0 Å². The minimum Gasteiger partial charge on any atom is -0.392 e. The van der Waals surface area contributed by atoms with Gasteiger partial charge in [-0.2, -0.15) is 0 Å². The quantitative estimate of drug-likeness (QED) is 0.633. The molecule has 88 valence electrons. The van der Waals surface area contributed by atoms with Crippen LogP contribution in [0.4, 0.5) is 0 Å². The molecule has 2 nitrogen and oxygen atoms in total. The minimum atomic E-state index is -0.104. The molecule has 2 fully saturated rings. The van der Waals surface area contributed by atoms with Gasteiger partial charge in [0.1, 0.15) is 0 Å². The highest BCUT2D eigenvalue weighted by atomic mass is 16.3. The molecule has 0 amide bonds. The second-order valence-electron chi connectivity index (χ2n) is 5.48.